The molecule has 0 aliphatic heterocycles. The highest BCUT2D eigenvalue weighted by molar-refractivity contribution is 5.32. The third kappa shape index (κ3) is 4.66. The Morgan fingerprint density at radius 2 is 1.52 bits per heavy atom. The minimum atomic E-state index is -0.350. The van der Waals surface area contributed by atoms with E-state index in [4.69, 9.17) is 0 Å². The lowest BCUT2D eigenvalue weighted by atomic mass is 9.97. The molecule has 0 heterocycles. The molecule has 0 aliphatic rings. The molecule has 0 saturated heterocycles. The lowest BCUT2D eigenvalue weighted by molar-refractivity contribution is 0.169. The molecule has 0 spiro atoms. The Kier molecular flexibility index (Phi) is 5.48. The number of aliphatic hydroxyl groups excluding tert-OH is 1. The molecule has 0 saturated carbocycles. The predicted molar refractivity (Wildman–Crippen MR) is 83.6 cm³/mol. The van der Waals surface area contributed by atoms with E-state index < -0.39 is 0 Å². The third-order valence-electron chi connectivity index (χ3n) is 3.48. The van der Waals surface area contributed by atoms with Crippen LogP contribution >= 0.6 is 0 Å². The summed E-state index contributed by atoms with van der Waals surface area (Å²) in [4.78, 5) is 0. The normalized spacial score (nSPS) is 15.4. The van der Waals surface area contributed by atoms with Crippen molar-refractivity contribution in [2.75, 3.05) is 0 Å². The van der Waals surface area contributed by atoms with E-state index in [1.807, 2.05) is 25.1 Å². The van der Waals surface area contributed by atoms with E-state index in [1.54, 1.807) is 19.1 Å². The Balaban J connectivity index is 2.24. The second kappa shape index (κ2) is 7.34. The van der Waals surface area contributed by atoms with Crippen molar-refractivity contribution in [1.29, 1.82) is 0 Å². The molecule has 0 bridgehead atoms. The number of nitrogens with one attached hydrogen (secondary N) is 1. The van der Waals surface area contributed by atoms with E-state index in [0.717, 1.165) is 11.1 Å². The zero-order chi connectivity index (χ0) is 15.2. The first-order valence-electron chi connectivity index (χ1n) is 7.31. The molecule has 3 unspecified atom stereocenters. The second-order valence-electron chi connectivity index (χ2n) is 5.55. The maximum atomic E-state index is 13.1. The lowest BCUT2D eigenvalue weighted by Gasteiger charge is -2.25. The monoisotopic (exact) mass is 287 g/mol. The smallest absolute Gasteiger partial charge is 0.123 e. The van der Waals surface area contributed by atoms with Crippen molar-refractivity contribution in [3.63, 3.8) is 0 Å². The molecule has 0 aromatic heterocycles. The van der Waals surface area contributed by atoms with Gasteiger partial charge in [0.2, 0.25) is 0 Å². The second-order valence-corrected chi connectivity index (χ2v) is 5.55. The van der Waals surface area contributed by atoms with Crippen molar-refractivity contribution >= 4 is 0 Å². The molecule has 3 atom stereocenters. The van der Waals surface area contributed by atoms with Crippen LogP contribution in [0.4, 0.5) is 4.39 Å². The number of hydrogen-bond acceptors (Lipinski definition) is 2. The zero-order valence-corrected chi connectivity index (χ0v) is 12.5. The fraction of sp³-hybridized carbons (Fsp3) is 0.333. The number of hydrogen-bond donors (Lipinski definition) is 2. The summed E-state index contributed by atoms with van der Waals surface area (Å²) in [7, 11) is 0. The minimum absolute atomic E-state index is 0.0134. The van der Waals surface area contributed by atoms with E-state index in [9.17, 15) is 9.50 Å². The van der Waals surface area contributed by atoms with Crippen LogP contribution in [0.5, 0.6) is 0 Å². The van der Waals surface area contributed by atoms with E-state index in [-0.39, 0.29) is 24.0 Å². The maximum Gasteiger partial charge on any atom is 0.123 e. The fourth-order valence-corrected chi connectivity index (χ4v) is 2.55. The Bertz CT molecular complexity index is 539. The van der Waals surface area contributed by atoms with Gasteiger partial charge in [0.05, 0.1) is 12.1 Å². The maximum absolute atomic E-state index is 13.1. The van der Waals surface area contributed by atoms with Crippen molar-refractivity contribution in [3.05, 3.63) is 71.5 Å². The zero-order valence-electron chi connectivity index (χ0n) is 12.5. The molecular weight excluding hydrogens is 265 g/mol. The summed E-state index contributed by atoms with van der Waals surface area (Å²) in [6, 6.07) is 16.8. The number of benzene rings is 2. The van der Waals surface area contributed by atoms with Crippen LogP contribution in [0.1, 0.15) is 37.4 Å². The Morgan fingerprint density at radius 3 is 2.10 bits per heavy atom. The van der Waals surface area contributed by atoms with E-state index >= 15 is 0 Å². The number of aliphatic hydroxyl groups is 1. The molecule has 0 aliphatic carbocycles. The van der Waals surface area contributed by atoms with Crippen molar-refractivity contribution < 1.29 is 9.50 Å². The topological polar surface area (TPSA) is 32.3 Å². The largest absolute Gasteiger partial charge is 0.393 e. The molecule has 21 heavy (non-hydrogen) atoms. The van der Waals surface area contributed by atoms with Crippen molar-refractivity contribution in [2.24, 2.45) is 0 Å². The first-order valence-corrected chi connectivity index (χ1v) is 7.31. The summed E-state index contributed by atoms with van der Waals surface area (Å²) < 4.78 is 13.1. The van der Waals surface area contributed by atoms with E-state index in [2.05, 4.69) is 17.4 Å². The highest BCUT2D eigenvalue weighted by atomic mass is 19.1. The van der Waals surface area contributed by atoms with Crippen LogP contribution in [0.3, 0.4) is 0 Å². The van der Waals surface area contributed by atoms with Gasteiger partial charge in [0.25, 0.3) is 0 Å². The Labute approximate surface area is 125 Å². The molecule has 2 rings (SSSR count). The van der Waals surface area contributed by atoms with Crippen LogP contribution in [0.15, 0.2) is 54.6 Å². The first kappa shape index (κ1) is 15.7. The van der Waals surface area contributed by atoms with Gasteiger partial charge < -0.3 is 10.4 Å². The van der Waals surface area contributed by atoms with Gasteiger partial charge in [0.1, 0.15) is 5.82 Å². The van der Waals surface area contributed by atoms with Crippen molar-refractivity contribution in [3.8, 4) is 0 Å². The van der Waals surface area contributed by atoms with Crippen LogP contribution < -0.4 is 5.32 Å². The lowest BCUT2D eigenvalue weighted by Crippen LogP contribution is -2.33. The molecule has 2 N–H and O–H groups in total. The molecule has 2 aromatic rings. The molecule has 3 heteroatoms. The number of rotatable bonds is 6. The van der Waals surface area contributed by atoms with Crippen molar-refractivity contribution in [1.82, 2.24) is 5.32 Å². The highest BCUT2D eigenvalue weighted by Gasteiger charge is 2.17. The van der Waals surface area contributed by atoms with Gasteiger partial charge in [-0.05, 0) is 43.5 Å². The van der Waals surface area contributed by atoms with Gasteiger partial charge in [-0.1, -0.05) is 42.5 Å². The molecule has 112 valence electrons. The van der Waals surface area contributed by atoms with Gasteiger partial charge in [0.15, 0.2) is 0 Å². The quantitative estimate of drug-likeness (QED) is 0.849. The first-order chi connectivity index (χ1) is 10.1. The molecule has 2 nitrogen and oxygen atoms in total. The van der Waals surface area contributed by atoms with Crippen LogP contribution in [-0.4, -0.2) is 17.3 Å². The van der Waals surface area contributed by atoms with E-state index in [0.29, 0.717) is 6.42 Å². The van der Waals surface area contributed by atoms with Gasteiger partial charge in [-0.25, -0.2) is 4.39 Å². The standard InChI is InChI=1S/C18H22FNO/c1-13(12-14(2)21)20-18(15-6-4-3-5-7-15)16-8-10-17(19)11-9-16/h3-11,13-14,18,20-21H,12H2,1-2H3. The van der Waals surface area contributed by atoms with Gasteiger partial charge in [-0.3, -0.25) is 0 Å². The van der Waals surface area contributed by atoms with Gasteiger partial charge >= 0.3 is 0 Å². The molecule has 0 radical (unpaired) electrons. The van der Waals surface area contributed by atoms with Crippen LogP contribution in [0.25, 0.3) is 0 Å². The molecule has 0 fully saturated rings. The molecule has 2 aromatic carbocycles. The Hall–Kier alpha value is -1.71. The highest BCUT2D eigenvalue weighted by Crippen LogP contribution is 2.23. The van der Waals surface area contributed by atoms with Crippen LogP contribution in [-0.2, 0) is 0 Å². The summed E-state index contributed by atoms with van der Waals surface area (Å²) >= 11 is 0. The van der Waals surface area contributed by atoms with Gasteiger partial charge in [-0.15, -0.1) is 0 Å². The fourth-order valence-electron chi connectivity index (χ4n) is 2.55. The predicted octanol–water partition coefficient (Wildman–Crippen LogP) is 3.66. The summed E-state index contributed by atoms with van der Waals surface area (Å²) in [6.07, 6.45) is 0.321. The molecular formula is C18H22FNO. The average Bonchev–Trinajstić information content (AvgIpc) is 2.46. The Morgan fingerprint density at radius 1 is 0.952 bits per heavy atom. The van der Waals surface area contributed by atoms with Crippen LogP contribution in [0, 0.1) is 5.82 Å². The summed E-state index contributed by atoms with van der Waals surface area (Å²) in [6.45, 7) is 3.83. The summed E-state index contributed by atoms with van der Waals surface area (Å²) in [5.41, 5.74) is 2.14. The van der Waals surface area contributed by atoms with E-state index in [1.165, 1.54) is 12.1 Å². The van der Waals surface area contributed by atoms with Gasteiger partial charge in [-0.2, -0.15) is 0 Å². The third-order valence-corrected chi connectivity index (χ3v) is 3.48. The average molecular weight is 287 g/mol. The summed E-state index contributed by atoms with van der Waals surface area (Å²) in [5, 5.41) is 13.0. The summed E-state index contributed by atoms with van der Waals surface area (Å²) in [5.74, 6) is -0.234. The van der Waals surface area contributed by atoms with Crippen LogP contribution in [0.2, 0.25) is 0 Å². The molecule has 0 amide bonds. The number of halogens is 1. The SMILES string of the molecule is CC(O)CC(C)NC(c1ccccc1)c1ccc(F)cc1. The minimum Gasteiger partial charge on any atom is -0.393 e. The van der Waals surface area contributed by atoms with Gasteiger partial charge in [0, 0.05) is 6.04 Å². The van der Waals surface area contributed by atoms with Crippen molar-refractivity contribution in [2.45, 2.75) is 38.5 Å².